The summed E-state index contributed by atoms with van der Waals surface area (Å²) in [6, 6.07) is 14.1. The van der Waals surface area contributed by atoms with Crippen LogP contribution < -0.4 is 0 Å². The molecule has 156 valence electrons. The van der Waals surface area contributed by atoms with Gasteiger partial charge in [-0.1, -0.05) is 24.3 Å². The third kappa shape index (κ3) is 3.68. The maximum absolute atomic E-state index is 14.3. The van der Waals surface area contributed by atoms with Gasteiger partial charge in [0.25, 0.3) is 5.91 Å². The largest absolute Gasteiger partial charge is 0.396 e. The molecular formula is C24H23F2NO3. The van der Waals surface area contributed by atoms with Crippen molar-refractivity contribution in [3.63, 3.8) is 0 Å². The van der Waals surface area contributed by atoms with E-state index in [2.05, 4.69) is 0 Å². The molecule has 1 aliphatic heterocycles. The van der Waals surface area contributed by atoms with Gasteiger partial charge in [-0.05, 0) is 53.4 Å². The van der Waals surface area contributed by atoms with E-state index in [1.165, 1.54) is 12.1 Å². The van der Waals surface area contributed by atoms with Gasteiger partial charge < -0.3 is 15.1 Å². The SMILES string of the molecule is O=C(c1ccc2c(-c3ccc(F)cc3F)cccc2c1)N1CCCC(CO)(CO)C1. The van der Waals surface area contributed by atoms with Gasteiger partial charge in [-0.15, -0.1) is 0 Å². The average Bonchev–Trinajstić information content (AvgIpc) is 2.78. The average molecular weight is 411 g/mol. The van der Waals surface area contributed by atoms with Gasteiger partial charge in [-0.25, -0.2) is 8.78 Å². The van der Waals surface area contributed by atoms with E-state index in [0.29, 0.717) is 42.6 Å². The number of carbonyl (C=O) groups excluding carboxylic acids is 1. The fourth-order valence-corrected chi connectivity index (χ4v) is 4.23. The van der Waals surface area contributed by atoms with Crippen LogP contribution in [0.25, 0.3) is 21.9 Å². The zero-order chi connectivity index (χ0) is 21.3. The fraction of sp³-hybridized carbons (Fsp3) is 0.292. The summed E-state index contributed by atoms with van der Waals surface area (Å²) in [4.78, 5) is 14.7. The summed E-state index contributed by atoms with van der Waals surface area (Å²) in [5, 5.41) is 20.9. The molecule has 30 heavy (non-hydrogen) atoms. The third-order valence-corrected chi connectivity index (χ3v) is 5.97. The molecule has 0 radical (unpaired) electrons. The predicted octanol–water partition coefficient (Wildman–Crippen LogP) is 3.99. The van der Waals surface area contributed by atoms with Crippen molar-refractivity contribution < 1.29 is 23.8 Å². The first kappa shape index (κ1) is 20.4. The lowest BCUT2D eigenvalue weighted by molar-refractivity contribution is -0.00623. The van der Waals surface area contributed by atoms with Gasteiger partial charge in [0, 0.05) is 35.7 Å². The topological polar surface area (TPSA) is 60.8 Å². The highest BCUT2D eigenvalue weighted by Crippen LogP contribution is 2.33. The second-order valence-electron chi connectivity index (χ2n) is 8.01. The minimum Gasteiger partial charge on any atom is -0.396 e. The maximum Gasteiger partial charge on any atom is 0.253 e. The van der Waals surface area contributed by atoms with Gasteiger partial charge in [0.05, 0.1) is 13.2 Å². The van der Waals surface area contributed by atoms with Gasteiger partial charge in [0.1, 0.15) is 11.6 Å². The van der Waals surface area contributed by atoms with Crippen LogP contribution in [-0.4, -0.2) is 47.3 Å². The Labute approximate surface area is 173 Å². The number of aliphatic hydroxyl groups excluding tert-OH is 2. The van der Waals surface area contributed by atoms with Crippen LogP contribution >= 0.6 is 0 Å². The summed E-state index contributed by atoms with van der Waals surface area (Å²) in [5.41, 5.74) is 0.748. The molecule has 0 atom stereocenters. The van der Waals surface area contributed by atoms with E-state index >= 15 is 0 Å². The van der Waals surface area contributed by atoms with Crippen molar-refractivity contribution in [2.24, 2.45) is 5.41 Å². The Balaban J connectivity index is 1.68. The van der Waals surface area contributed by atoms with Crippen LogP contribution in [0.2, 0.25) is 0 Å². The summed E-state index contributed by atoms with van der Waals surface area (Å²) >= 11 is 0. The van der Waals surface area contributed by atoms with Crippen LogP contribution in [0, 0.1) is 17.0 Å². The number of aliphatic hydroxyl groups is 2. The van der Waals surface area contributed by atoms with Crippen LogP contribution in [0.15, 0.2) is 54.6 Å². The molecule has 6 heteroatoms. The van der Waals surface area contributed by atoms with E-state index in [-0.39, 0.29) is 19.1 Å². The number of nitrogens with zero attached hydrogens (tertiary/aromatic N) is 1. The van der Waals surface area contributed by atoms with Crippen molar-refractivity contribution >= 4 is 16.7 Å². The van der Waals surface area contributed by atoms with Crippen molar-refractivity contribution in [2.45, 2.75) is 12.8 Å². The molecule has 1 fully saturated rings. The van der Waals surface area contributed by atoms with Crippen molar-refractivity contribution in [1.29, 1.82) is 0 Å². The summed E-state index contributed by atoms with van der Waals surface area (Å²) in [6.07, 6.45) is 1.39. The van der Waals surface area contributed by atoms with E-state index in [9.17, 15) is 23.8 Å². The molecule has 0 bridgehead atoms. The fourth-order valence-electron chi connectivity index (χ4n) is 4.23. The van der Waals surface area contributed by atoms with Gasteiger partial charge in [-0.2, -0.15) is 0 Å². The molecule has 0 unspecified atom stereocenters. The van der Waals surface area contributed by atoms with Crippen LogP contribution in [0.3, 0.4) is 0 Å². The number of carbonyl (C=O) groups is 1. The zero-order valence-electron chi connectivity index (χ0n) is 16.4. The molecular weight excluding hydrogens is 388 g/mol. The van der Waals surface area contributed by atoms with Crippen molar-refractivity contribution in [3.05, 3.63) is 71.8 Å². The molecule has 1 amide bonds. The first-order valence-corrected chi connectivity index (χ1v) is 9.95. The summed E-state index contributed by atoms with van der Waals surface area (Å²) < 4.78 is 27.6. The smallest absolute Gasteiger partial charge is 0.253 e. The Morgan fingerprint density at radius 3 is 2.53 bits per heavy atom. The molecule has 3 aromatic carbocycles. The van der Waals surface area contributed by atoms with Crippen molar-refractivity contribution in [2.75, 3.05) is 26.3 Å². The molecule has 0 spiro atoms. The van der Waals surface area contributed by atoms with Crippen LogP contribution in [0.5, 0.6) is 0 Å². The lowest BCUT2D eigenvalue weighted by atomic mass is 9.81. The molecule has 0 saturated carbocycles. The number of piperidine rings is 1. The normalized spacial score (nSPS) is 16.1. The quantitative estimate of drug-likeness (QED) is 0.683. The van der Waals surface area contributed by atoms with Crippen molar-refractivity contribution in [1.82, 2.24) is 4.90 Å². The minimum atomic E-state index is -0.669. The Hall–Kier alpha value is -2.83. The predicted molar refractivity (Wildman–Crippen MR) is 111 cm³/mol. The number of benzene rings is 3. The Morgan fingerprint density at radius 2 is 1.80 bits per heavy atom. The number of likely N-dealkylation sites (tertiary alicyclic amines) is 1. The molecule has 2 N–H and O–H groups in total. The van der Waals surface area contributed by atoms with E-state index in [1.807, 2.05) is 6.07 Å². The van der Waals surface area contributed by atoms with Crippen molar-refractivity contribution in [3.8, 4) is 11.1 Å². The number of hydrogen-bond donors (Lipinski definition) is 2. The summed E-state index contributed by atoms with van der Waals surface area (Å²) in [6.45, 7) is 0.534. The van der Waals surface area contributed by atoms with Gasteiger partial charge in [-0.3, -0.25) is 4.79 Å². The first-order chi connectivity index (χ1) is 14.5. The second-order valence-corrected chi connectivity index (χ2v) is 8.01. The number of fused-ring (bicyclic) bond motifs is 1. The lowest BCUT2D eigenvalue weighted by Gasteiger charge is -2.40. The molecule has 4 rings (SSSR count). The Kier molecular flexibility index (Phi) is 5.54. The maximum atomic E-state index is 14.3. The molecule has 1 aliphatic rings. The number of rotatable bonds is 4. The number of hydrogen-bond acceptors (Lipinski definition) is 3. The summed E-state index contributed by atoms with van der Waals surface area (Å²) in [7, 11) is 0. The molecule has 1 saturated heterocycles. The third-order valence-electron chi connectivity index (χ3n) is 5.97. The van der Waals surface area contributed by atoms with E-state index in [4.69, 9.17) is 0 Å². The molecule has 1 heterocycles. The Bertz CT molecular complexity index is 1100. The van der Waals surface area contributed by atoms with Gasteiger partial charge >= 0.3 is 0 Å². The molecule has 0 aromatic heterocycles. The number of halogens is 2. The molecule has 0 aliphatic carbocycles. The standard InChI is InChI=1S/C24H23F2NO3/c25-18-6-8-21(22(26)12-18)20-4-1-3-16-11-17(5-7-19(16)20)23(30)27-10-2-9-24(13-27,14-28)15-29/h1,3-8,11-12,28-29H,2,9-10,13-15H2. The molecule has 3 aromatic rings. The van der Waals surface area contributed by atoms with Crippen LogP contribution in [0.1, 0.15) is 23.2 Å². The zero-order valence-corrected chi connectivity index (χ0v) is 16.4. The van der Waals surface area contributed by atoms with E-state index in [1.54, 1.807) is 35.2 Å². The van der Waals surface area contributed by atoms with Crippen LogP contribution in [0.4, 0.5) is 8.78 Å². The van der Waals surface area contributed by atoms with Gasteiger partial charge in [0.2, 0.25) is 0 Å². The highest BCUT2D eigenvalue weighted by atomic mass is 19.1. The lowest BCUT2D eigenvalue weighted by Crippen LogP contribution is -2.49. The van der Waals surface area contributed by atoms with Crippen LogP contribution in [-0.2, 0) is 0 Å². The molecule has 4 nitrogen and oxygen atoms in total. The highest BCUT2D eigenvalue weighted by Gasteiger charge is 2.36. The summed E-state index contributed by atoms with van der Waals surface area (Å²) in [5.74, 6) is -1.44. The number of amides is 1. The minimum absolute atomic E-state index is 0.166. The van der Waals surface area contributed by atoms with E-state index in [0.717, 1.165) is 16.8 Å². The Morgan fingerprint density at radius 1 is 1.00 bits per heavy atom. The monoisotopic (exact) mass is 411 g/mol. The second kappa shape index (κ2) is 8.13. The van der Waals surface area contributed by atoms with E-state index < -0.39 is 17.0 Å². The highest BCUT2D eigenvalue weighted by molar-refractivity contribution is 6.02. The first-order valence-electron chi connectivity index (χ1n) is 9.95. The van der Waals surface area contributed by atoms with Gasteiger partial charge in [0.15, 0.2) is 0 Å².